The average Bonchev–Trinajstić information content (AvgIpc) is 2.04. The quantitative estimate of drug-likeness (QED) is 0.558. The summed E-state index contributed by atoms with van der Waals surface area (Å²) in [6.07, 6.45) is 10.6. The fraction of sp³-hybridized carbons (Fsp3) is 1.00. The SMILES string of the molecule is CCCCC1CC[CH]([Na])CC1. The van der Waals surface area contributed by atoms with E-state index in [1.807, 2.05) is 0 Å². The van der Waals surface area contributed by atoms with Gasteiger partial charge in [-0.1, -0.05) is 0 Å². The van der Waals surface area contributed by atoms with Gasteiger partial charge in [-0.2, -0.15) is 0 Å². The topological polar surface area (TPSA) is 0 Å². The summed E-state index contributed by atoms with van der Waals surface area (Å²) in [5.74, 6) is 1.11. The first-order chi connectivity index (χ1) is 5.33. The van der Waals surface area contributed by atoms with E-state index in [1.54, 1.807) is 25.7 Å². The van der Waals surface area contributed by atoms with E-state index in [9.17, 15) is 0 Å². The molecule has 0 aliphatic heterocycles. The fourth-order valence-electron chi connectivity index (χ4n) is 2.11. The second-order valence-corrected chi connectivity index (χ2v) is 5.90. The predicted octanol–water partition coefficient (Wildman–Crippen LogP) is 3.32. The van der Waals surface area contributed by atoms with Crippen molar-refractivity contribution in [3.63, 3.8) is 0 Å². The van der Waals surface area contributed by atoms with Crippen LogP contribution in [-0.2, 0) is 0 Å². The maximum atomic E-state index is 2.30. The van der Waals surface area contributed by atoms with Crippen LogP contribution in [0.3, 0.4) is 0 Å². The molecule has 0 spiro atoms. The van der Waals surface area contributed by atoms with Crippen molar-refractivity contribution in [1.82, 2.24) is 0 Å². The number of hydrogen-bond acceptors (Lipinski definition) is 0. The Labute approximate surface area is 88.6 Å². The molecular weight excluding hydrogens is 143 g/mol. The third-order valence-corrected chi connectivity index (χ3v) is 4.26. The molecule has 1 aliphatic rings. The Kier molecular flexibility index (Phi) is 5.14. The summed E-state index contributed by atoms with van der Waals surface area (Å²) in [5, 5.41) is 0. The Balaban J connectivity index is 2.07. The minimum atomic E-state index is 1.11. The molecule has 1 rings (SSSR count). The molecule has 0 N–H and O–H groups in total. The Bertz CT molecular complexity index is 90.3. The van der Waals surface area contributed by atoms with Crippen LogP contribution < -0.4 is 0 Å². The van der Waals surface area contributed by atoms with Crippen molar-refractivity contribution >= 4 is 27.9 Å². The molecule has 0 nitrogen and oxygen atoms in total. The molecule has 0 aromatic carbocycles. The van der Waals surface area contributed by atoms with Gasteiger partial charge in [0, 0.05) is 0 Å². The first-order valence-electron chi connectivity index (χ1n) is 5.33. The Morgan fingerprint density at radius 1 is 1.18 bits per heavy atom. The molecule has 1 aliphatic carbocycles. The predicted molar refractivity (Wildman–Crippen MR) is 51.0 cm³/mol. The van der Waals surface area contributed by atoms with Crippen LogP contribution in [-0.4, -0.2) is 27.9 Å². The third-order valence-electron chi connectivity index (χ3n) is 3.10. The fourth-order valence-corrected chi connectivity index (χ4v) is 2.78. The molecule has 0 aromatic heterocycles. The molecule has 0 amide bonds. The molecule has 1 saturated carbocycles. The summed E-state index contributed by atoms with van der Waals surface area (Å²) in [5.41, 5.74) is 0. The Hall–Kier alpha value is 1.00. The molecule has 0 unspecified atom stereocenters. The van der Waals surface area contributed by atoms with Crippen LogP contribution in [0.1, 0.15) is 51.9 Å². The second kappa shape index (κ2) is 5.61. The van der Waals surface area contributed by atoms with Gasteiger partial charge in [-0.3, -0.25) is 0 Å². The Morgan fingerprint density at radius 2 is 1.82 bits per heavy atom. The van der Waals surface area contributed by atoms with Crippen LogP contribution in [0.2, 0.25) is 3.17 Å². The second-order valence-electron chi connectivity index (χ2n) is 4.27. The van der Waals surface area contributed by atoms with Crippen LogP contribution in [0, 0.1) is 5.92 Å². The molecule has 11 heavy (non-hydrogen) atoms. The van der Waals surface area contributed by atoms with Gasteiger partial charge in [-0.05, 0) is 0 Å². The molecule has 0 saturated heterocycles. The van der Waals surface area contributed by atoms with Crippen LogP contribution in [0.15, 0.2) is 0 Å². The van der Waals surface area contributed by atoms with Crippen molar-refractivity contribution in [2.45, 2.75) is 55.0 Å². The van der Waals surface area contributed by atoms with Crippen LogP contribution in [0.4, 0.5) is 0 Å². The van der Waals surface area contributed by atoms with Gasteiger partial charge in [0.2, 0.25) is 0 Å². The maximum absolute atomic E-state index is 2.30. The Morgan fingerprint density at radius 3 is 2.36 bits per heavy atom. The van der Waals surface area contributed by atoms with E-state index in [1.165, 1.54) is 47.2 Å². The van der Waals surface area contributed by atoms with Gasteiger partial charge in [0.25, 0.3) is 0 Å². The summed E-state index contributed by atoms with van der Waals surface area (Å²) >= 11 is 1.45. The van der Waals surface area contributed by atoms with Crippen molar-refractivity contribution in [2.75, 3.05) is 0 Å². The number of unbranched alkanes of at least 4 members (excludes halogenated alkanes) is 1. The molecule has 0 heterocycles. The van der Waals surface area contributed by atoms with Gasteiger partial charge >= 0.3 is 88.9 Å². The minimum absolute atomic E-state index is 1.11. The van der Waals surface area contributed by atoms with E-state index in [-0.39, 0.29) is 0 Å². The van der Waals surface area contributed by atoms with Crippen molar-refractivity contribution < 1.29 is 0 Å². The molecule has 0 atom stereocenters. The molecule has 1 fully saturated rings. The van der Waals surface area contributed by atoms with Gasteiger partial charge in [0.05, 0.1) is 0 Å². The summed E-state index contributed by atoms with van der Waals surface area (Å²) < 4.78 is 1.16. The van der Waals surface area contributed by atoms with Crippen LogP contribution in [0.25, 0.3) is 0 Å². The first kappa shape index (κ1) is 10.1. The van der Waals surface area contributed by atoms with Gasteiger partial charge in [-0.15, -0.1) is 0 Å². The van der Waals surface area contributed by atoms with Gasteiger partial charge in [0.15, 0.2) is 0 Å². The molecule has 0 radical (unpaired) electrons. The molecule has 0 bridgehead atoms. The van der Waals surface area contributed by atoms with Crippen molar-refractivity contribution in [3.8, 4) is 0 Å². The van der Waals surface area contributed by atoms with E-state index in [0.717, 1.165) is 9.09 Å². The first-order valence-corrected chi connectivity index (χ1v) is 6.48. The van der Waals surface area contributed by atoms with Crippen LogP contribution >= 0.6 is 0 Å². The normalized spacial score (nSPS) is 32.3. The zero-order chi connectivity index (χ0) is 8.10. The van der Waals surface area contributed by atoms with E-state index in [4.69, 9.17) is 0 Å². The summed E-state index contributed by atoms with van der Waals surface area (Å²) in [4.78, 5) is 0. The van der Waals surface area contributed by atoms with E-state index < -0.39 is 0 Å². The average molecular weight is 162 g/mol. The van der Waals surface area contributed by atoms with Crippen molar-refractivity contribution in [3.05, 3.63) is 0 Å². The molecule has 1 heteroatoms. The third kappa shape index (κ3) is 3.96. The van der Waals surface area contributed by atoms with Crippen molar-refractivity contribution in [2.24, 2.45) is 5.92 Å². The number of rotatable bonds is 3. The van der Waals surface area contributed by atoms with Gasteiger partial charge in [0.1, 0.15) is 0 Å². The summed E-state index contributed by atoms with van der Waals surface area (Å²) in [7, 11) is 0. The molecule has 60 valence electrons. The van der Waals surface area contributed by atoms with E-state index in [0.29, 0.717) is 0 Å². The summed E-state index contributed by atoms with van der Waals surface area (Å²) in [6, 6.07) is 0. The summed E-state index contributed by atoms with van der Waals surface area (Å²) in [6.45, 7) is 2.30. The number of hydrogen-bond donors (Lipinski definition) is 0. The molecule has 0 aromatic rings. The van der Waals surface area contributed by atoms with Crippen LogP contribution in [0.5, 0.6) is 0 Å². The van der Waals surface area contributed by atoms with Crippen molar-refractivity contribution in [1.29, 1.82) is 0 Å². The van der Waals surface area contributed by atoms with E-state index >= 15 is 0 Å². The molecular formula is C10H19Na. The zero-order valence-electron chi connectivity index (χ0n) is 8.10. The van der Waals surface area contributed by atoms with Gasteiger partial charge < -0.3 is 0 Å². The standard InChI is InChI=1S/C10H19.Na/c1-2-3-7-10-8-5-4-6-9-10;/h4,10H,2-3,5-9H2,1H3;. The van der Waals surface area contributed by atoms with Gasteiger partial charge in [-0.25, -0.2) is 0 Å². The monoisotopic (exact) mass is 162 g/mol. The van der Waals surface area contributed by atoms with E-state index in [2.05, 4.69) is 6.92 Å². The zero-order valence-corrected chi connectivity index (χ0v) is 10.1.